The van der Waals surface area contributed by atoms with Crippen molar-refractivity contribution in [1.29, 1.82) is 0 Å². The summed E-state index contributed by atoms with van der Waals surface area (Å²) in [5, 5.41) is 10.9. The molecule has 1 N–H and O–H groups in total. The molecule has 3 fully saturated rings. The average Bonchev–Trinajstić information content (AvgIpc) is 3.44. The molecule has 1 saturated carbocycles. The van der Waals surface area contributed by atoms with Crippen LogP contribution in [0.1, 0.15) is 63.5 Å². The van der Waals surface area contributed by atoms with Crippen molar-refractivity contribution in [2.75, 3.05) is 19.6 Å². The normalized spacial score (nSPS) is 26.2. The van der Waals surface area contributed by atoms with Gasteiger partial charge in [-0.2, -0.15) is 0 Å². The van der Waals surface area contributed by atoms with Crippen LogP contribution < -0.4 is 5.56 Å². The van der Waals surface area contributed by atoms with Crippen molar-refractivity contribution >= 4 is 6.03 Å². The fourth-order valence-corrected chi connectivity index (χ4v) is 7.54. The van der Waals surface area contributed by atoms with E-state index in [1.165, 1.54) is 12.8 Å². The van der Waals surface area contributed by atoms with Gasteiger partial charge in [-0.25, -0.2) is 4.79 Å². The van der Waals surface area contributed by atoms with Gasteiger partial charge in [0.25, 0.3) is 5.56 Å². The van der Waals surface area contributed by atoms with Gasteiger partial charge in [0.2, 0.25) is 0 Å². The van der Waals surface area contributed by atoms with E-state index in [1.807, 2.05) is 77.2 Å². The second-order valence-corrected chi connectivity index (χ2v) is 12.6. The molecule has 2 aromatic carbocycles. The highest BCUT2D eigenvalue weighted by Gasteiger charge is 2.48. The van der Waals surface area contributed by atoms with Gasteiger partial charge in [0.1, 0.15) is 0 Å². The van der Waals surface area contributed by atoms with Crippen LogP contribution in [0.5, 0.6) is 0 Å². The molecule has 2 aliphatic heterocycles. The number of rotatable bonds is 4. The molecule has 210 valence electrons. The number of amides is 2. The summed E-state index contributed by atoms with van der Waals surface area (Å²) in [6.07, 6.45) is 8.57. The van der Waals surface area contributed by atoms with E-state index in [0.29, 0.717) is 38.4 Å². The molecule has 0 radical (unpaired) electrons. The summed E-state index contributed by atoms with van der Waals surface area (Å²) in [7, 11) is 0. The second-order valence-electron chi connectivity index (χ2n) is 12.6. The van der Waals surface area contributed by atoms with E-state index in [2.05, 4.69) is 17.0 Å². The number of piperidine rings is 2. The number of hydrogen-bond acceptors (Lipinski definition) is 3. The van der Waals surface area contributed by atoms with Gasteiger partial charge in [-0.3, -0.25) is 4.79 Å². The van der Waals surface area contributed by atoms with E-state index in [1.54, 1.807) is 6.07 Å². The van der Waals surface area contributed by atoms with Crippen molar-refractivity contribution in [2.24, 2.45) is 11.3 Å². The molecule has 6 nitrogen and oxygen atoms in total. The molecule has 40 heavy (non-hydrogen) atoms. The molecular formula is C34H41N3O3. The predicted molar refractivity (Wildman–Crippen MR) is 158 cm³/mol. The lowest BCUT2D eigenvalue weighted by Gasteiger charge is -2.50. The summed E-state index contributed by atoms with van der Waals surface area (Å²) < 4.78 is 1.88. The molecule has 2 saturated heterocycles. The van der Waals surface area contributed by atoms with Crippen LogP contribution in [0.15, 0.2) is 83.8 Å². The van der Waals surface area contributed by atoms with E-state index >= 15 is 0 Å². The number of carbonyl (C=O) groups is 1. The highest BCUT2D eigenvalue weighted by atomic mass is 16.3. The van der Waals surface area contributed by atoms with Gasteiger partial charge in [0.15, 0.2) is 0 Å². The van der Waals surface area contributed by atoms with E-state index in [9.17, 15) is 14.7 Å². The van der Waals surface area contributed by atoms with Crippen LogP contribution in [-0.4, -0.2) is 50.7 Å². The second kappa shape index (κ2) is 10.9. The molecule has 1 spiro atoms. The Hall–Kier alpha value is -3.38. The van der Waals surface area contributed by atoms with Crippen LogP contribution >= 0.6 is 0 Å². The van der Waals surface area contributed by atoms with Gasteiger partial charge in [0, 0.05) is 44.9 Å². The summed E-state index contributed by atoms with van der Waals surface area (Å²) in [4.78, 5) is 31.3. The minimum absolute atomic E-state index is 0.0408. The van der Waals surface area contributed by atoms with Crippen LogP contribution in [0, 0.1) is 11.3 Å². The molecule has 6 heteroatoms. The quantitative estimate of drug-likeness (QED) is 0.435. The third-order valence-electron chi connectivity index (χ3n) is 9.84. The summed E-state index contributed by atoms with van der Waals surface area (Å²) in [6, 6.07) is 24.0. The summed E-state index contributed by atoms with van der Waals surface area (Å²) in [5.41, 5.74) is 2.40. The lowest BCUT2D eigenvalue weighted by molar-refractivity contribution is -0.0325. The van der Waals surface area contributed by atoms with Crippen LogP contribution in [0.4, 0.5) is 4.79 Å². The number of carbonyl (C=O) groups excluding carboxylic acids is 1. The molecular weight excluding hydrogens is 498 g/mol. The van der Waals surface area contributed by atoms with E-state index in [0.717, 1.165) is 42.5 Å². The summed E-state index contributed by atoms with van der Waals surface area (Å²) >= 11 is 0. The lowest BCUT2D eigenvalue weighted by Crippen LogP contribution is -2.57. The largest absolute Gasteiger partial charge is 0.390 e. The zero-order valence-corrected chi connectivity index (χ0v) is 23.5. The Morgan fingerprint density at radius 1 is 0.925 bits per heavy atom. The summed E-state index contributed by atoms with van der Waals surface area (Å²) in [5.74, 6) is 0.367. The average molecular weight is 540 g/mol. The topological polar surface area (TPSA) is 65.8 Å². The Kier molecular flexibility index (Phi) is 7.30. The van der Waals surface area contributed by atoms with E-state index in [4.69, 9.17) is 0 Å². The molecule has 1 aromatic heterocycles. The molecule has 1 aliphatic carbocycles. The number of pyridine rings is 1. The molecule has 3 aromatic rings. The first-order chi connectivity index (χ1) is 19.3. The lowest BCUT2D eigenvalue weighted by atomic mass is 9.69. The highest BCUT2D eigenvalue weighted by molar-refractivity contribution is 5.75. The first-order valence-corrected chi connectivity index (χ1v) is 14.9. The minimum atomic E-state index is -0.778. The third-order valence-corrected chi connectivity index (χ3v) is 9.84. The van der Waals surface area contributed by atoms with Gasteiger partial charge < -0.3 is 19.5 Å². The van der Waals surface area contributed by atoms with Crippen LogP contribution in [0.3, 0.4) is 0 Å². The maximum Gasteiger partial charge on any atom is 0.320 e. The number of aliphatic hydroxyl groups is 1. The van der Waals surface area contributed by atoms with E-state index in [-0.39, 0.29) is 23.0 Å². The molecule has 0 unspecified atom stereocenters. The monoisotopic (exact) mass is 539 g/mol. The van der Waals surface area contributed by atoms with Crippen molar-refractivity contribution in [3.05, 3.63) is 94.9 Å². The maximum absolute atomic E-state index is 14.1. The number of hydrogen-bond donors (Lipinski definition) is 1. The zero-order chi connectivity index (χ0) is 27.7. The van der Waals surface area contributed by atoms with E-state index < -0.39 is 5.60 Å². The van der Waals surface area contributed by atoms with Crippen LogP contribution in [0.2, 0.25) is 0 Å². The minimum Gasteiger partial charge on any atom is -0.390 e. The number of urea groups is 1. The third kappa shape index (κ3) is 5.34. The van der Waals surface area contributed by atoms with Gasteiger partial charge in [-0.05, 0) is 66.7 Å². The fraction of sp³-hybridized carbons (Fsp3) is 0.471. The fourth-order valence-electron chi connectivity index (χ4n) is 7.54. The molecule has 2 amide bonds. The van der Waals surface area contributed by atoms with Gasteiger partial charge in [-0.1, -0.05) is 73.5 Å². The number of aromatic nitrogens is 1. The first-order valence-electron chi connectivity index (χ1n) is 14.9. The number of benzene rings is 2. The van der Waals surface area contributed by atoms with Crippen LogP contribution in [-0.2, 0) is 6.54 Å². The Morgan fingerprint density at radius 3 is 2.33 bits per heavy atom. The first kappa shape index (κ1) is 26.8. The standard InChI is InChI=1S/C34H41N3O3/c1-33(40)18-21-37(30(23-33)27-12-6-3-7-13-27)32(39)36-20-15-29(34(25-36)16-8-9-17-34)24-35-19-14-28(22-31(35)38)26-10-4-2-5-11-26/h2-7,10-14,19,22,29-30,40H,8-9,15-18,20-21,23-25H2,1H3/t29-,30-,33+/m0/s1. The number of nitrogens with zero attached hydrogens (tertiary/aromatic N) is 3. The smallest absolute Gasteiger partial charge is 0.320 e. The van der Waals surface area contributed by atoms with Crippen molar-refractivity contribution in [2.45, 2.75) is 70.1 Å². The van der Waals surface area contributed by atoms with Gasteiger partial charge in [0.05, 0.1) is 11.6 Å². The van der Waals surface area contributed by atoms with Crippen molar-refractivity contribution in [3.63, 3.8) is 0 Å². The molecule has 3 heterocycles. The Morgan fingerprint density at radius 2 is 1.62 bits per heavy atom. The number of likely N-dealkylation sites (tertiary alicyclic amines) is 2. The van der Waals surface area contributed by atoms with Crippen molar-refractivity contribution in [3.8, 4) is 11.1 Å². The predicted octanol–water partition coefficient (Wildman–Crippen LogP) is 6.11. The summed E-state index contributed by atoms with van der Waals surface area (Å²) in [6.45, 7) is 4.60. The van der Waals surface area contributed by atoms with Crippen molar-refractivity contribution in [1.82, 2.24) is 14.4 Å². The van der Waals surface area contributed by atoms with Crippen LogP contribution in [0.25, 0.3) is 11.1 Å². The Labute approximate surface area is 237 Å². The van der Waals surface area contributed by atoms with Gasteiger partial charge >= 0.3 is 6.03 Å². The zero-order valence-electron chi connectivity index (χ0n) is 23.5. The maximum atomic E-state index is 14.1. The molecule has 0 bridgehead atoms. The SMILES string of the molecule is C[C@@]1(O)CCN(C(=O)N2CC[C@@H](Cn3ccc(-c4ccccc4)cc3=O)C3(CCCC3)C2)[C@H](c2ccccc2)C1. The van der Waals surface area contributed by atoms with Gasteiger partial charge in [-0.15, -0.1) is 0 Å². The van der Waals surface area contributed by atoms with Crippen molar-refractivity contribution < 1.29 is 9.90 Å². The Balaban J connectivity index is 1.20. The molecule has 3 atom stereocenters. The molecule has 6 rings (SSSR count). The highest BCUT2D eigenvalue weighted by Crippen LogP contribution is 2.49. The Bertz CT molecular complexity index is 1380. The molecule has 3 aliphatic rings.